The quantitative estimate of drug-likeness (QED) is 0.832. The van der Waals surface area contributed by atoms with Crippen LogP contribution in [0, 0.1) is 5.82 Å². The van der Waals surface area contributed by atoms with Gasteiger partial charge in [0.1, 0.15) is 11.5 Å². The van der Waals surface area contributed by atoms with E-state index in [1.807, 2.05) is 0 Å². The lowest BCUT2D eigenvalue weighted by Crippen LogP contribution is -2.39. The number of nitrogens with zero attached hydrogens (tertiary/aromatic N) is 2. The fourth-order valence-corrected chi connectivity index (χ4v) is 2.50. The molecular weight excluding hydrogens is 287 g/mol. The highest BCUT2D eigenvalue weighted by Crippen LogP contribution is 2.32. The summed E-state index contributed by atoms with van der Waals surface area (Å²) in [6.45, 7) is 3.60. The summed E-state index contributed by atoms with van der Waals surface area (Å²) in [5.41, 5.74) is 0.969. The zero-order valence-electron chi connectivity index (χ0n) is 12.8. The van der Waals surface area contributed by atoms with Crippen molar-refractivity contribution in [2.45, 2.75) is 19.9 Å². The Balaban J connectivity index is 2.57. The maximum atomic E-state index is 13.1. The lowest BCUT2D eigenvalue weighted by molar-refractivity contribution is -0.139. The Morgan fingerprint density at radius 1 is 1.18 bits per heavy atom. The first-order valence-electron chi connectivity index (χ1n) is 7.08. The monoisotopic (exact) mass is 306 g/mol. The normalized spacial score (nSPS) is 15.3. The Morgan fingerprint density at radius 3 is 2.27 bits per heavy atom. The Labute approximate surface area is 128 Å². The molecule has 1 N–H and O–H groups in total. The zero-order chi connectivity index (χ0) is 16.4. The molecule has 0 atom stereocenters. The van der Waals surface area contributed by atoms with Gasteiger partial charge in [0.2, 0.25) is 0 Å². The van der Waals surface area contributed by atoms with Crippen LogP contribution in [-0.2, 0) is 9.59 Å². The van der Waals surface area contributed by atoms with Crippen molar-refractivity contribution in [3.63, 3.8) is 0 Å². The second kappa shape index (κ2) is 6.27. The Bertz CT molecular complexity index is 623. The van der Waals surface area contributed by atoms with Crippen LogP contribution in [0.15, 0.2) is 30.0 Å². The van der Waals surface area contributed by atoms with Crippen molar-refractivity contribution >= 4 is 17.4 Å². The molecule has 0 bridgehead atoms. The van der Waals surface area contributed by atoms with E-state index in [9.17, 15) is 14.0 Å². The van der Waals surface area contributed by atoms with E-state index in [1.54, 1.807) is 25.8 Å². The summed E-state index contributed by atoms with van der Waals surface area (Å²) in [4.78, 5) is 27.9. The van der Waals surface area contributed by atoms with Crippen LogP contribution in [0.1, 0.15) is 19.4 Å². The van der Waals surface area contributed by atoms with Gasteiger partial charge in [-0.05, 0) is 31.5 Å². The Hall–Kier alpha value is -2.21. The second-order valence-electron chi connectivity index (χ2n) is 5.45. The number of hydrogen-bond donors (Lipinski definition) is 1. The summed E-state index contributed by atoms with van der Waals surface area (Å²) in [7, 11) is 1.64. The molecule has 1 aliphatic heterocycles. The fraction of sp³-hybridized carbons (Fsp3) is 0.375. The molecule has 2 amide bonds. The van der Waals surface area contributed by atoms with Crippen LogP contribution in [0.25, 0.3) is 5.57 Å². The summed E-state index contributed by atoms with van der Waals surface area (Å²) in [6.07, 6.45) is 0. The SMILES string of the molecule is CC(C)N1C(=O)C(c2ccc(F)cc2)=C(N(C)CCO)C1=O. The number of carbonyl (C=O) groups is 2. The summed E-state index contributed by atoms with van der Waals surface area (Å²) in [5, 5.41) is 9.09. The predicted octanol–water partition coefficient (Wildman–Crippen LogP) is 1.24. The van der Waals surface area contributed by atoms with Crippen LogP contribution in [0.4, 0.5) is 4.39 Å². The number of benzene rings is 1. The number of hydrogen-bond acceptors (Lipinski definition) is 4. The first-order chi connectivity index (χ1) is 10.4. The van der Waals surface area contributed by atoms with Crippen molar-refractivity contribution in [1.29, 1.82) is 0 Å². The molecule has 118 valence electrons. The molecule has 0 radical (unpaired) electrons. The molecule has 1 aromatic carbocycles. The molecule has 1 aliphatic rings. The lowest BCUT2D eigenvalue weighted by Gasteiger charge is -2.22. The summed E-state index contributed by atoms with van der Waals surface area (Å²) in [5.74, 6) is -1.20. The molecule has 2 rings (SSSR count). The highest BCUT2D eigenvalue weighted by atomic mass is 19.1. The fourth-order valence-electron chi connectivity index (χ4n) is 2.50. The van der Waals surface area contributed by atoms with Crippen molar-refractivity contribution in [3.8, 4) is 0 Å². The number of imide groups is 1. The van der Waals surface area contributed by atoms with Gasteiger partial charge in [-0.2, -0.15) is 0 Å². The van der Waals surface area contributed by atoms with Gasteiger partial charge in [-0.1, -0.05) is 12.1 Å². The van der Waals surface area contributed by atoms with E-state index in [4.69, 9.17) is 5.11 Å². The smallest absolute Gasteiger partial charge is 0.278 e. The van der Waals surface area contributed by atoms with Gasteiger partial charge >= 0.3 is 0 Å². The molecule has 1 aromatic rings. The van der Waals surface area contributed by atoms with Crippen molar-refractivity contribution in [1.82, 2.24) is 9.80 Å². The Morgan fingerprint density at radius 2 is 1.77 bits per heavy atom. The van der Waals surface area contributed by atoms with Crippen LogP contribution < -0.4 is 0 Å². The van der Waals surface area contributed by atoms with E-state index in [-0.39, 0.29) is 30.5 Å². The number of likely N-dealkylation sites (N-methyl/N-ethyl adjacent to an activating group) is 1. The molecule has 0 saturated carbocycles. The molecule has 0 unspecified atom stereocenters. The molecule has 22 heavy (non-hydrogen) atoms. The van der Waals surface area contributed by atoms with Gasteiger partial charge in [0.05, 0.1) is 12.2 Å². The maximum Gasteiger partial charge on any atom is 0.278 e. The number of halogens is 1. The third kappa shape index (κ3) is 2.74. The topological polar surface area (TPSA) is 60.9 Å². The van der Waals surface area contributed by atoms with Gasteiger partial charge in [-0.15, -0.1) is 0 Å². The molecule has 5 nitrogen and oxygen atoms in total. The molecule has 0 fully saturated rings. The van der Waals surface area contributed by atoms with Crippen LogP contribution in [-0.4, -0.2) is 53.0 Å². The van der Waals surface area contributed by atoms with Crippen LogP contribution in [0.3, 0.4) is 0 Å². The summed E-state index contributed by atoms with van der Waals surface area (Å²) in [6, 6.07) is 5.18. The van der Waals surface area contributed by atoms with Gasteiger partial charge in [-0.3, -0.25) is 14.5 Å². The van der Waals surface area contributed by atoms with E-state index in [1.165, 1.54) is 29.2 Å². The molecule has 0 spiro atoms. The van der Waals surface area contributed by atoms with Crippen LogP contribution in [0.5, 0.6) is 0 Å². The van der Waals surface area contributed by atoms with E-state index < -0.39 is 17.6 Å². The number of aliphatic hydroxyl groups is 1. The van der Waals surface area contributed by atoms with Gasteiger partial charge in [0, 0.05) is 19.6 Å². The largest absolute Gasteiger partial charge is 0.395 e. The van der Waals surface area contributed by atoms with Gasteiger partial charge in [0.15, 0.2) is 0 Å². The van der Waals surface area contributed by atoms with Crippen molar-refractivity contribution in [2.75, 3.05) is 20.2 Å². The van der Waals surface area contributed by atoms with Crippen molar-refractivity contribution < 1.29 is 19.1 Å². The standard InChI is InChI=1S/C16H19FN2O3/c1-10(2)19-15(21)13(11-4-6-12(17)7-5-11)14(16(19)22)18(3)8-9-20/h4-7,10,20H,8-9H2,1-3H3. The first-order valence-corrected chi connectivity index (χ1v) is 7.08. The maximum absolute atomic E-state index is 13.1. The van der Waals surface area contributed by atoms with Gasteiger partial charge in [0.25, 0.3) is 11.8 Å². The minimum atomic E-state index is -0.410. The molecular formula is C16H19FN2O3. The highest BCUT2D eigenvalue weighted by molar-refractivity contribution is 6.35. The number of carbonyl (C=O) groups excluding carboxylic acids is 2. The van der Waals surface area contributed by atoms with E-state index >= 15 is 0 Å². The zero-order valence-corrected chi connectivity index (χ0v) is 12.8. The minimum Gasteiger partial charge on any atom is -0.395 e. The number of amides is 2. The van der Waals surface area contributed by atoms with Crippen LogP contribution in [0.2, 0.25) is 0 Å². The Kier molecular flexibility index (Phi) is 4.61. The minimum absolute atomic E-state index is 0.139. The van der Waals surface area contributed by atoms with E-state index in [2.05, 4.69) is 0 Å². The first kappa shape index (κ1) is 16.2. The second-order valence-corrected chi connectivity index (χ2v) is 5.45. The molecule has 0 aromatic heterocycles. The molecule has 0 aliphatic carbocycles. The average molecular weight is 306 g/mol. The van der Waals surface area contributed by atoms with E-state index in [0.717, 1.165) is 0 Å². The van der Waals surface area contributed by atoms with Crippen LogP contribution >= 0.6 is 0 Å². The highest BCUT2D eigenvalue weighted by Gasteiger charge is 2.41. The van der Waals surface area contributed by atoms with Gasteiger partial charge < -0.3 is 10.0 Å². The van der Waals surface area contributed by atoms with Gasteiger partial charge in [-0.25, -0.2) is 4.39 Å². The lowest BCUT2D eigenvalue weighted by atomic mass is 10.0. The number of rotatable bonds is 5. The van der Waals surface area contributed by atoms with Crippen molar-refractivity contribution in [3.05, 3.63) is 41.3 Å². The average Bonchev–Trinajstić information content (AvgIpc) is 2.71. The third-order valence-electron chi connectivity index (χ3n) is 3.56. The number of aliphatic hydroxyl groups excluding tert-OH is 1. The summed E-state index contributed by atoms with van der Waals surface area (Å²) >= 11 is 0. The molecule has 1 heterocycles. The molecule has 0 saturated heterocycles. The third-order valence-corrected chi connectivity index (χ3v) is 3.56. The van der Waals surface area contributed by atoms with E-state index in [0.29, 0.717) is 5.56 Å². The summed E-state index contributed by atoms with van der Waals surface area (Å²) < 4.78 is 13.1. The molecule has 6 heteroatoms. The van der Waals surface area contributed by atoms with Crippen molar-refractivity contribution in [2.24, 2.45) is 0 Å². The predicted molar refractivity (Wildman–Crippen MR) is 80.0 cm³/mol.